The molecule has 3 heterocycles. The van der Waals surface area contributed by atoms with Crippen LogP contribution < -0.4 is 15.6 Å². The molecule has 5 heteroatoms. The Kier molecular flexibility index (Phi) is 2.22. The summed E-state index contributed by atoms with van der Waals surface area (Å²) in [5.74, 6) is 1.51. The Balaban J connectivity index is 1.72. The summed E-state index contributed by atoms with van der Waals surface area (Å²) in [4.78, 5) is 19.4. The highest BCUT2D eigenvalue weighted by molar-refractivity contribution is 5.38. The van der Waals surface area contributed by atoms with Gasteiger partial charge in [0.25, 0.3) is 5.56 Å². The zero-order chi connectivity index (χ0) is 12.8. The fourth-order valence-electron chi connectivity index (χ4n) is 2.69. The standard InChI is InChI=1S/C14H13N3O2/c18-14-9-6-15-7-10(9)16-13(17-14)12-5-8-3-1-2-4-11(8)19-12/h1-4,12,15H,5-7H2,(H,16,17,18). The summed E-state index contributed by atoms with van der Waals surface area (Å²) in [5.41, 5.74) is 2.70. The largest absolute Gasteiger partial charge is 0.482 e. The third kappa shape index (κ3) is 1.66. The average Bonchev–Trinajstić information content (AvgIpc) is 3.04. The number of H-pyrrole nitrogens is 1. The van der Waals surface area contributed by atoms with Crippen molar-refractivity contribution in [2.75, 3.05) is 0 Å². The summed E-state index contributed by atoms with van der Waals surface area (Å²) >= 11 is 0. The lowest BCUT2D eigenvalue weighted by Gasteiger charge is -2.10. The van der Waals surface area contributed by atoms with Crippen LogP contribution >= 0.6 is 0 Å². The van der Waals surface area contributed by atoms with E-state index in [1.807, 2.05) is 24.3 Å². The van der Waals surface area contributed by atoms with Crippen molar-refractivity contribution in [3.8, 4) is 5.75 Å². The molecule has 0 aliphatic carbocycles. The van der Waals surface area contributed by atoms with E-state index in [0.717, 1.165) is 29.0 Å². The second-order valence-corrected chi connectivity index (χ2v) is 4.90. The van der Waals surface area contributed by atoms with Crippen molar-refractivity contribution < 1.29 is 4.74 Å². The molecular formula is C14H13N3O2. The molecule has 1 atom stereocenters. The number of ether oxygens (including phenoxy) is 1. The second-order valence-electron chi connectivity index (χ2n) is 4.90. The number of rotatable bonds is 1. The van der Waals surface area contributed by atoms with Gasteiger partial charge in [0, 0.05) is 19.5 Å². The molecule has 2 aliphatic rings. The van der Waals surface area contributed by atoms with Crippen LogP contribution in [0.4, 0.5) is 0 Å². The molecule has 2 aliphatic heterocycles. The van der Waals surface area contributed by atoms with Gasteiger partial charge >= 0.3 is 0 Å². The van der Waals surface area contributed by atoms with E-state index in [1.54, 1.807) is 0 Å². The van der Waals surface area contributed by atoms with Gasteiger partial charge in [0.15, 0.2) is 11.9 Å². The number of nitrogens with one attached hydrogen (secondary N) is 2. The van der Waals surface area contributed by atoms with Crippen LogP contribution in [0.1, 0.15) is 28.7 Å². The lowest BCUT2D eigenvalue weighted by molar-refractivity contribution is 0.226. The van der Waals surface area contributed by atoms with Crippen molar-refractivity contribution in [3.05, 3.63) is 57.3 Å². The molecule has 0 radical (unpaired) electrons. The Bertz CT molecular complexity index is 683. The van der Waals surface area contributed by atoms with Crippen LogP contribution in [-0.4, -0.2) is 9.97 Å². The Morgan fingerprint density at radius 3 is 3.05 bits per heavy atom. The zero-order valence-corrected chi connectivity index (χ0v) is 10.3. The van der Waals surface area contributed by atoms with Gasteiger partial charge in [-0.2, -0.15) is 0 Å². The van der Waals surface area contributed by atoms with Gasteiger partial charge in [-0.05, 0) is 11.6 Å². The minimum atomic E-state index is -0.184. The fraction of sp³-hybridized carbons (Fsp3) is 0.286. The van der Waals surface area contributed by atoms with Crippen LogP contribution in [0.25, 0.3) is 0 Å². The molecule has 1 unspecified atom stereocenters. The first-order valence-electron chi connectivity index (χ1n) is 6.38. The van der Waals surface area contributed by atoms with E-state index >= 15 is 0 Å². The minimum Gasteiger partial charge on any atom is -0.482 e. The average molecular weight is 255 g/mol. The summed E-state index contributed by atoms with van der Waals surface area (Å²) in [7, 11) is 0. The van der Waals surface area contributed by atoms with Crippen LogP contribution in [0, 0.1) is 0 Å². The number of nitrogens with zero attached hydrogens (tertiary/aromatic N) is 1. The number of fused-ring (bicyclic) bond motifs is 2. The summed E-state index contributed by atoms with van der Waals surface area (Å²) < 4.78 is 5.85. The summed E-state index contributed by atoms with van der Waals surface area (Å²) in [6.07, 6.45) is 0.571. The lowest BCUT2D eigenvalue weighted by Crippen LogP contribution is -2.20. The van der Waals surface area contributed by atoms with Gasteiger partial charge in [0.1, 0.15) is 5.75 Å². The van der Waals surface area contributed by atoms with Gasteiger partial charge in [-0.15, -0.1) is 0 Å². The third-order valence-electron chi connectivity index (χ3n) is 3.67. The Hall–Kier alpha value is -2.14. The topological polar surface area (TPSA) is 67.0 Å². The van der Waals surface area contributed by atoms with Gasteiger partial charge in [-0.1, -0.05) is 18.2 Å². The number of benzene rings is 1. The summed E-state index contributed by atoms with van der Waals surface area (Å²) in [5, 5.41) is 3.14. The molecule has 5 nitrogen and oxygen atoms in total. The lowest BCUT2D eigenvalue weighted by atomic mass is 10.1. The highest BCUT2D eigenvalue weighted by Gasteiger charge is 2.27. The first-order valence-corrected chi connectivity index (χ1v) is 6.38. The number of hydrogen-bond acceptors (Lipinski definition) is 4. The molecule has 2 aromatic rings. The van der Waals surface area contributed by atoms with E-state index in [0.29, 0.717) is 18.9 Å². The summed E-state index contributed by atoms with van der Waals surface area (Å²) in [6.45, 7) is 1.26. The van der Waals surface area contributed by atoms with Gasteiger partial charge in [0.05, 0.1) is 11.3 Å². The number of hydrogen-bond donors (Lipinski definition) is 2. The number of aromatic nitrogens is 2. The normalized spacial score (nSPS) is 19.9. The van der Waals surface area contributed by atoms with Crippen molar-refractivity contribution in [2.24, 2.45) is 0 Å². The monoisotopic (exact) mass is 255 g/mol. The van der Waals surface area contributed by atoms with Crippen LogP contribution in [0.15, 0.2) is 29.1 Å². The molecule has 0 spiro atoms. The van der Waals surface area contributed by atoms with Gasteiger partial charge in [-0.25, -0.2) is 4.98 Å². The zero-order valence-electron chi connectivity index (χ0n) is 10.3. The van der Waals surface area contributed by atoms with Crippen LogP contribution in [0.2, 0.25) is 0 Å². The third-order valence-corrected chi connectivity index (χ3v) is 3.67. The van der Waals surface area contributed by atoms with Crippen LogP contribution in [-0.2, 0) is 19.5 Å². The molecule has 0 amide bonds. The minimum absolute atomic E-state index is 0.0513. The predicted molar refractivity (Wildman–Crippen MR) is 68.9 cm³/mol. The maximum absolute atomic E-state index is 12.0. The van der Waals surface area contributed by atoms with Crippen molar-refractivity contribution in [1.82, 2.24) is 15.3 Å². The fourth-order valence-corrected chi connectivity index (χ4v) is 2.69. The Labute approximate surface area is 109 Å². The quantitative estimate of drug-likeness (QED) is 0.799. The molecule has 0 bridgehead atoms. The maximum atomic E-state index is 12.0. The van der Waals surface area contributed by atoms with Crippen molar-refractivity contribution >= 4 is 0 Å². The number of para-hydroxylation sites is 1. The van der Waals surface area contributed by atoms with Crippen molar-refractivity contribution in [1.29, 1.82) is 0 Å². The van der Waals surface area contributed by atoms with E-state index in [9.17, 15) is 4.79 Å². The van der Waals surface area contributed by atoms with Gasteiger partial charge in [-0.3, -0.25) is 4.79 Å². The smallest absolute Gasteiger partial charge is 0.255 e. The maximum Gasteiger partial charge on any atom is 0.255 e. The Morgan fingerprint density at radius 2 is 2.16 bits per heavy atom. The summed E-state index contributed by atoms with van der Waals surface area (Å²) in [6, 6.07) is 7.93. The van der Waals surface area contributed by atoms with Gasteiger partial charge in [0.2, 0.25) is 0 Å². The molecular weight excluding hydrogens is 242 g/mol. The first-order chi connectivity index (χ1) is 9.31. The van der Waals surface area contributed by atoms with Gasteiger partial charge < -0.3 is 15.0 Å². The van der Waals surface area contributed by atoms with Crippen LogP contribution in [0.5, 0.6) is 5.75 Å². The van der Waals surface area contributed by atoms with E-state index in [4.69, 9.17) is 4.74 Å². The molecule has 2 N–H and O–H groups in total. The predicted octanol–water partition coefficient (Wildman–Crippen LogP) is 1.05. The molecule has 96 valence electrons. The molecule has 1 aromatic carbocycles. The van der Waals surface area contributed by atoms with Crippen molar-refractivity contribution in [3.63, 3.8) is 0 Å². The van der Waals surface area contributed by atoms with E-state index in [-0.39, 0.29) is 11.7 Å². The molecule has 1 aromatic heterocycles. The molecule has 19 heavy (non-hydrogen) atoms. The highest BCUT2D eigenvalue weighted by atomic mass is 16.5. The van der Waals surface area contributed by atoms with E-state index in [2.05, 4.69) is 15.3 Å². The number of aromatic amines is 1. The molecule has 0 saturated heterocycles. The highest BCUT2D eigenvalue weighted by Crippen LogP contribution is 2.34. The van der Waals surface area contributed by atoms with E-state index < -0.39 is 0 Å². The Morgan fingerprint density at radius 1 is 1.26 bits per heavy atom. The van der Waals surface area contributed by atoms with E-state index in [1.165, 1.54) is 0 Å². The second kappa shape index (κ2) is 3.93. The molecule has 0 fully saturated rings. The van der Waals surface area contributed by atoms with Crippen LogP contribution in [0.3, 0.4) is 0 Å². The molecule has 4 rings (SSSR count). The molecule has 0 saturated carbocycles. The SMILES string of the molecule is O=c1[nH]c(C2Cc3ccccc3O2)nc2c1CNC2. The first kappa shape index (κ1) is 10.8. The van der Waals surface area contributed by atoms with Crippen molar-refractivity contribution in [2.45, 2.75) is 25.6 Å².